The minimum Gasteiger partial charge on any atom is -0.280 e. The second-order valence-corrected chi connectivity index (χ2v) is 5.38. The number of carbonyl (C=O) groups excluding carboxylic acids is 1. The Hall–Kier alpha value is -1.25. The van der Waals surface area contributed by atoms with Crippen molar-refractivity contribution in [3.63, 3.8) is 0 Å². The standard InChI is InChI=1S/C15H13ClOS/c16-14(17)11-18-15(12-7-3-1-4-8-12)13-9-5-2-6-10-13/h1-10,15H,11H2. The highest BCUT2D eigenvalue weighted by Crippen LogP contribution is 2.35. The quantitative estimate of drug-likeness (QED) is 0.759. The van der Waals surface area contributed by atoms with Gasteiger partial charge in [0.15, 0.2) is 0 Å². The van der Waals surface area contributed by atoms with Gasteiger partial charge in [-0.3, -0.25) is 4.79 Å². The first kappa shape index (κ1) is 13.2. The van der Waals surface area contributed by atoms with Crippen molar-refractivity contribution in [1.82, 2.24) is 0 Å². The summed E-state index contributed by atoms with van der Waals surface area (Å²) in [4.78, 5) is 11.0. The predicted molar refractivity (Wildman–Crippen MR) is 78.0 cm³/mol. The van der Waals surface area contributed by atoms with E-state index in [1.54, 1.807) is 11.8 Å². The van der Waals surface area contributed by atoms with E-state index in [-0.39, 0.29) is 10.5 Å². The van der Waals surface area contributed by atoms with E-state index in [1.807, 2.05) is 36.4 Å². The van der Waals surface area contributed by atoms with E-state index in [1.165, 1.54) is 11.1 Å². The minimum absolute atomic E-state index is 0.148. The maximum atomic E-state index is 11.0. The van der Waals surface area contributed by atoms with Gasteiger partial charge >= 0.3 is 0 Å². The molecule has 0 bridgehead atoms. The number of carbonyl (C=O) groups is 1. The zero-order valence-corrected chi connectivity index (χ0v) is 11.3. The number of hydrogen-bond acceptors (Lipinski definition) is 2. The molecule has 0 aliphatic heterocycles. The molecule has 0 amide bonds. The average molecular weight is 277 g/mol. The van der Waals surface area contributed by atoms with Crippen molar-refractivity contribution in [1.29, 1.82) is 0 Å². The van der Waals surface area contributed by atoms with Crippen molar-refractivity contribution in [2.24, 2.45) is 0 Å². The lowest BCUT2D eigenvalue weighted by Crippen LogP contribution is -2.00. The van der Waals surface area contributed by atoms with Gasteiger partial charge in [-0.05, 0) is 22.7 Å². The second-order valence-electron chi connectivity index (χ2n) is 3.87. The highest BCUT2D eigenvalue weighted by atomic mass is 35.5. The van der Waals surface area contributed by atoms with Crippen molar-refractivity contribution in [3.05, 3.63) is 71.8 Å². The SMILES string of the molecule is O=C(Cl)CSC(c1ccccc1)c1ccccc1. The normalized spacial score (nSPS) is 10.6. The van der Waals surface area contributed by atoms with Crippen LogP contribution in [0.3, 0.4) is 0 Å². The van der Waals surface area contributed by atoms with Crippen LogP contribution in [0.4, 0.5) is 0 Å². The van der Waals surface area contributed by atoms with Crippen LogP contribution < -0.4 is 0 Å². The molecule has 2 aromatic rings. The van der Waals surface area contributed by atoms with Gasteiger partial charge in [-0.15, -0.1) is 11.8 Å². The number of hydrogen-bond donors (Lipinski definition) is 0. The summed E-state index contributed by atoms with van der Waals surface area (Å²) in [5.74, 6) is 0.315. The lowest BCUT2D eigenvalue weighted by atomic mass is 10.0. The van der Waals surface area contributed by atoms with Crippen LogP contribution in [-0.4, -0.2) is 11.0 Å². The van der Waals surface area contributed by atoms with Gasteiger partial charge in [0.2, 0.25) is 5.24 Å². The number of rotatable bonds is 5. The third-order valence-electron chi connectivity index (χ3n) is 2.57. The number of halogens is 1. The molecule has 92 valence electrons. The molecule has 0 aliphatic carbocycles. The lowest BCUT2D eigenvalue weighted by Gasteiger charge is -2.16. The van der Waals surface area contributed by atoms with Crippen LogP contribution in [0.5, 0.6) is 0 Å². The first-order valence-electron chi connectivity index (χ1n) is 5.67. The van der Waals surface area contributed by atoms with Crippen molar-refractivity contribution >= 4 is 28.6 Å². The molecular formula is C15H13ClOS. The van der Waals surface area contributed by atoms with Crippen LogP contribution in [0.2, 0.25) is 0 Å². The first-order chi connectivity index (χ1) is 8.77. The first-order valence-corrected chi connectivity index (χ1v) is 7.10. The fraction of sp³-hybridized carbons (Fsp3) is 0.133. The molecule has 0 unspecified atom stereocenters. The predicted octanol–water partition coefficient (Wildman–Crippen LogP) is 4.27. The number of benzene rings is 2. The van der Waals surface area contributed by atoms with Crippen molar-refractivity contribution in [2.45, 2.75) is 5.25 Å². The summed E-state index contributed by atoms with van der Waals surface area (Å²) in [5, 5.41) is -0.160. The van der Waals surface area contributed by atoms with E-state index in [4.69, 9.17) is 11.6 Å². The molecule has 0 aliphatic rings. The van der Waals surface area contributed by atoms with Crippen LogP contribution in [0.15, 0.2) is 60.7 Å². The zero-order valence-electron chi connectivity index (χ0n) is 9.75. The molecule has 0 fully saturated rings. The monoisotopic (exact) mass is 276 g/mol. The van der Waals surface area contributed by atoms with E-state index in [0.717, 1.165) is 0 Å². The molecule has 0 heterocycles. The molecule has 0 saturated heterocycles. The molecule has 2 rings (SSSR count). The van der Waals surface area contributed by atoms with Gasteiger partial charge in [-0.2, -0.15) is 0 Å². The topological polar surface area (TPSA) is 17.1 Å². The Kier molecular flexibility index (Phi) is 4.85. The van der Waals surface area contributed by atoms with Crippen LogP contribution in [0.1, 0.15) is 16.4 Å². The van der Waals surface area contributed by atoms with E-state index in [9.17, 15) is 4.79 Å². The van der Waals surface area contributed by atoms with Crippen LogP contribution in [-0.2, 0) is 4.79 Å². The van der Waals surface area contributed by atoms with Crippen molar-refractivity contribution in [2.75, 3.05) is 5.75 Å². The summed E-state index contributed by atoms with van der Waals surface area (Å²) < 4.78 is 0. The van der Waals surface area contributed by atoms with Gasteiger partial charge in [0, 0.05) is 0 Å². The molecule has 0 N–H and O–H groups in total. The molecule has 1 nitrogen and oxygen atoms in total. The summed E-state index contributed by atoms with van der Waals surface area (Å²) >= 11 is 6.99. The third-order valence-corrected chi connectivity index (χ3v) is 4.17. The number of thioether (sulfide) groups is 1. The molecule has 0 radical (unpaired) electrons. The van der Waals surface area contributed by atoms with Crippen molar-refractivity contribution in [3.8, 4) is 0 Å². The van der Waals surface area contributed by atoms with Crippen LogP contribution in [0, 0.1) is 0 Å². The molecule has 0 atom stereocenters. The minimum atomic E-state index is -0.308. The summed E-state index contributed by atoms with van der Waals surface area (Å²) in [6.45, 7) is 0. The van der Waals surface area contributed by atoms with Gasteiger partial charge in [0.05, 0.1) is 11.0 Å². The Morgan fingerprint density at radius 2 is 1.39 bits per heavy atom. The maximum absolute atomic E-state index is 11.0. The average Bonchev–Trinajstić information content (AvgIpc) is 2.41. The van der Waals surface area contributed by atoms with E-state index in [0.29, 0.717) is 5.75 Å². The molecule has 0 saturated carbocycles. The smallest absolute Gasteiger partial charge is 0.231 e. The molecule has 18 heavy (non-hydrogen) atoms. The zero-order chi connectivity index (χ0) is 12.8. The van der Waals surface area contributed by atoms with Gasteiger partial charge in [0.1, 0.15) is 0 Å². The molecule has 3 heteroatoms. The summed E-state index contributed by atoms with van der Waals surface area (Å²) in [6.07, 6.45) is 0. The van der Waals surface area contributed by atoms with Crippen LogP contribution in [0.25, 0.3) is 0 Å². The summed E-state index contributed by atoms with van der Waals surface area (Å²) in [5.41, 5.74) is 2.37. The molecule has 0 aromatic heterocycles. The van der Waals surface area contributed by atoms with E-state index >= 15 is 0 Å². The summed E-state index contributed by atoms with van der Waals surface area (Å²) in [6, 6.07) is 20.3. The summed E-state index contributed by atoms with van der Waals surface area (Å²) in [7, 11) is 0. The largest absolute Gasteiger partial charge is 0.280 e. The highest BCUT2D eigenvalue weighted by molar-refractivity contribution is 8.00. The van der Waals surface area contributed by atoms with Gasteiger partial charge in [-0.1, -0.05) is 60.7 Å². The Morgan fingerprint density at radius 1 is 0.944 bits per heavy atom. The molecular weight excluding hydrogens is 264 g/mol. The fourth-order valence-electron chi connectivity index (χ4n) is 1.79. The Balaban J connectivity index is 2.26. The second kappa shape index (κ2) is 6.62. The highest BCUT2D eigenvalue weighted by Gasteiger charge is 2.15. The molecule has 2 aromatic carbocycles. The fourth-order valence-corrected chi connectivity index (χ4v) is 2.98. The maximum Gasteiger partial charge on any atom is 0.231 e. The van der Waals surface area contributed by atoms with Crippen LogP contribution >= 0.6 is 23.4 Å². The van der Waals surface area contributed by atoms with Gasteiger partial charge in [-0.25, -0.2) is 0 Å². The third kappa shape index (κ3) is 3.62. The van der Waals surface area contributed by atoms with E-state index in [2.05, 4.69) is 24.3 Å². The molecule has 0 spiro atoms. The van der Waals surface area contributed by atoms with Gasteiger partial charge < -0.3 is 0 Å². The lowest BCUT2D eigenvalue weighted by molar-refractivity contribution is -0.109. The van der Waals surface area contributed by atoms with Gasteiger partial charge in [0.25, 0.3) is 0 Å². The Bertz CT molecular complexity index is 459. The van der Waals surface area contributed by atoms with E-state index < -0.39 is 0 Å². The van der Waals surface area contributed by atoms with Crippen molar-refractivity contribution < 1.29 is 4.79 Å². The Labute approximate surface area is 116 Å². The Morgan fingerprint density at radius 3 is 1.78 bits per heavy atom.